The minimum atomic E-state index is 0.590. The molecule has 5 heteroatoms. The van der Waals surface area contributed by atoms with Crippen LogP contribution in [0.5, 0.6) is 0 Å². The molecule has 0 amide bonds. The molecule has 5 nitrogen and oxygen atoms in total. The van der Waals surface area contributed by atoms with Crippen molar-refractivity contribution in [3.63, 3.8) is 0 Å². The number of nitrogens with one attached hydrogen (secondary N) is 1. The lowest BCUT2D eigenvalue weighted by Gasteiger charge is -2.22. The van der Waals surface area contributed by atoms with E-state index in [1.165, 1.54) is 38.8 Å². The number of guanidine groups is 1. The molecule has 25 heavy (non-hydrogen) atoms. The van der Waals surface area contributed by atoms with Gasteiger partial charge in [0, 0.05) is 45.1 Å². The maximum atomic E-state index is 5.51. The van der Waals surface area contributed by atoms with Crippen molar-refractivity contribution in [2.24, 2.45) is 22.7 Å². The summed E-state index contributed by atoms with van der Waals surface area (Å²) in [4.78, 5) is 7.50. The SMILES string of the molecule is c1coc(CCNC(=NCC2CCOC2)N2CC3CCCCC3C2)c1. The third kappa shape index (κ3) is 4.38. The zero-order valence-electron chi connectivity index (χ0n) is 15.2. The molecule has 3 fully saturated rings. The fourth-order valence-electron chi connectivity index (χ4n) is 4.54. The Morgan fingerprint density at radius 3 is 2.72 bits per heavy atom. The van der Waals surface area contributed by atoms with Gasteiger partial charge in [-0.1, -0.05) is 12.8 Å². The minimum Gasteiger partial charge on any atom is -0.469 e. The molecule has 4 rings (SSSR count). The Hall–Kier alpha value is -1.49. The minimum absolute atomic E-state index is 0.590. The molecule has 3 unspecified atom stereocenters. The van der Waals surface area contributed by atoms with Crippen LogP contribution in [0.3, 0.4) is 0 Å². The molecule has 138 valence electrons. The van der Waals surface area contributed by atoms with Crippen molar-refractivity contribution in [2.45, 2.75) is 38.5 Å². The monoisotopic (exact) mass is 345 g/mol. The Morgan fingerprint density at radius 2 is 2.04 bits per heavy atom. The van der Waals surface area contributed by atoms with E-state index in [1.807, 2.05) is 12.1 Å². The lowest BCUT2D eigenvalue weighted by molar-refractivity contribution is 0.187. The van der Waals surface area contributed by atoms with E-state index in [2.05, 4.69) is 10.2 Å². The molecule has 1 aliphatic carbocycles. The molecule has 0 spiro atoms. The van der Waals surface area contributed by atoms with Gasteiger partial charge >= 0.3 is 0 Å². The van der Waals surface area contributed by atoms with E-state index in [0.717, 1.165) is 62.7 Å². The van der Waals surface area contributed by atoms with Gasteiger partial charge in [-0.15, -0.1) is 0 Å². The molecular weight excluding hydrogens is 314 g/mol. The van der Waals surface area contributed by atoms with Crippen molar-refractivity contribution >= 4 is 5.96 Å². The van der Waals surface area contributed by atoms with Gasteiger partial charge in [-0.25, -0.2) is 0 Å². The fourth-order valence-corrected chi connectivity index (χ4v) is 4.54. The van der Waals surface area contributed by atoms with E-state index >= 15 is 0 Å². The Balaban J connectivity index is 1.36. The van der Waals surface area contributed by atoms with Crippen LogP contribution >= 0.6 is 0 Å². The predicted molar refractivity (Wildman–Crippen MR) is 98.7 cm³/mol. The zero-order valence-corrected chi connectivity index (χ0v) is 15.2. The first kappa shape index (κ1) is 17.0. The van der Waals surface area contributed by atoms with Crippen LogP contribution in [0.25, 0.3) is 0 Å². The largest absolute Gasteiger partial charge is 0.469 e. The summed E-state index contributed by atoms with van der Waals surface area (Å²) in [7, 11) is 0. The van der Waals surface area contributed by atoms with E-state index in [-0.39, 0.29) is 0 Å². The number of hydrogen-bond acceptors (Lipinski definition) is 3. The van der Waals surface area contributed by atoms with E-state index in [0.29, 0.717) is 5.92 Å². The standard InChI is InChI=1S/C20H31N3O2/c1-2-5-18-14-23(13-17(18)4-1)20(22-12-16-8-11-24-15-16)21-9-7-19-6-3-10-25-19/h3,6,10,16-18H,1-2,4-5,7-9,11-15H2,(H,21,22). The number of furan rings is 1. The van der Waals surface area contributed by atoms with Gasteiger partial charge < -0.3 is 19.4 Å². The molecule has 0 bridgehead atoms. The van der Waals surface area contributed by atoms with Crippen molar-refractivity contribution in [3.05, 3.63) is 24.2 Å². The van der Waals surface area contributed by atoms with Crippen LogP contribution in [-0.2, 0) is 11.2 Å². The van der Waals surface area contributed by atoms with E-state index < -0.39 is 0 Å². The summed E-state index contributed by atoms with van der Waals surface area (Å²) in [5.74, 6) is 4.48. The quantitative estimate of drug-likeness (QED) is 0.658. The van der Waals surface area contributed by atoms with Gasteiger partial charge in [0.2, 0.25) is 0 Å². The summed E-state index contributed by atoms with van der Waals surface area (Å²) in [6.45, 7) is 5.88. The van der Waals surface area contributed by atoms with Gasteiger partial charge in [-0.05, 0) is 43.2 Å². The van der Waals surface area contributed by atoms with Gasteiger partial charge in [0.15, 0.2) is 5.96 Å². The summed E-state index contributed by atoms with van der Waals surface area (Å²) in [5, 5.41) is 3.61. The first-order valence-corrected chi connectivity index (χ1v) is 10.0. The highest BCUT2D eigenvalue weighted by Crippen LogP contribution is 2.36. The molecular formula is C20H31N3O2. The predicted octanol–water partition coefficient (Wildman–Crippen LogP) is 2.93. The van der Waals surface area contributed by atoms with Crippen molar-refractivity contribution in [1.29, 1.82) is 0 Å². The summed E-state index contributed by atoms with van der Waals surface area (Å²) in [6, 6.07) is 3.99. The Labute approximate surface area is 150 Å². The zero-order chi connectivity index (χ0) is 16.9. The van der Waals surface area contributed by atoms with E-state index in [9.17, 15) is 0 Å². The molecule has 1 aromatic rings. The molecule has 1 saturated carbocycles. The second kappa shape index (κ2) is 8.26. The Morgan fingerprint density at radius 1 is 1.20 bits per heavy atom. The van der Waals surface area contributed by atoms with Gasteiger partial charge in [-0.2, -0.15) is 0 Å². The molecule has 3 heterocycles. The molecule has 1 N–H and O–H groups in total. The molecule has 1 aromatic heterocycles. The normalized spacial score (nSPS) is 29.8. The van der Waals surface area contributed by atoms with Crippen molar-refractivity contribution in [3.8, 4) is 0 Å². The van der Waals surface area contributed by atoms with Crippen LogP contribution in [0.4, 0.5) is 0 Å². The summed E-state index contributed by atoms with van der Waals surface area (Å²) in [6.07, 6.45) is 9.41. The first-order valence-electron chi connectivity index (χ1n) is 10.0. The number of ether oxygens (including phenoxy) is 1. The van der Waals surface area contributed by atoms with Gasteiger partial charge in [0.25, 0.3) is 0 Å². The van der Waals surface area contributed by atoms with Crippen molar-refractivity contribution in [2.75, 3.05) is 39.4 Å². The Kier molecular flexibility index (Phi) is 5.60. The van der Waals surface area contributed by atoms with Crippen LogP contribution in [0.2, 0.25) is 0 Å². The van der Waals surface area contributed by atoms with Crippen LogP contribution in [0, 0.1) is 17.8 Å². The topological polar surface area (TPSA) is 50.0 Å². The molecule has 0 radical (unpaired) electrons. The van der Waals surface area contributed by atoms with Crippen molar-refractivity contribution < 1.29 is 9.15 Å². The second-order valence-electron chi connectivity index (χ2n) is 7.86. The maximum Gasteiger partial charge on any atom is 0.193 e. The third-order valence-corrected chi connectivity index (χ3v) is 6.03. The van der Waals surface area contributed by atoms with Gasteiger partial charge in [0.1, 0.15) is 5.76 Å². The van der Waals surface area contributed by atoms with Crippen LogP contribution < -0.4 is 5.32 Å². The van der Waals surface area contributed by atoms with Crippen LogP contribution in [0.15, 0.2) is 27.8 Å². The van der Waals surface area contributed by atoms with Gasteiger partial charge in [-0.3, -0.25) is 4.99 Å². The molecule has 0 aromatic carbocycles. The maximum absolute atomic E-state index is 5.51. The summed E-state index contributed by atoms with van der Waals surface area (Å²) >= 11 is 0. The number of rotatable bonds is 5. The highest BCUT2D eigenvalue weighted by Gasteiger charge is 2.35. The summed E-state index contributed by atoms with van der Waals surface area (Å²) < 4.78 is 11.0. The fraction of sp³-hybridized carbons (Fsp3) is 0.750. The molecule has 2 aliphatic heterocycles. The number of hydrogen-bond donors (Lipinski definition) is 1. The average molecular weight is 345 g/mol. The average Bonchev–Trinajstić information content (AvgIpc) is 3.39. The van der Waals surface area contributed by atoms with E-state index in [4.69, 9.17) is 14.1 Å². The Bertz CT molecular complexity index is 537. The third-order valence-electron chi connectivity index (χ3n) is 6.03. The van der Waals surface area contributed by atoms with E-state index in [1.54, 1.807) is 6.26 Å². The molecule has 2 saturated heterocycles. The number of fused-ring (bicyclic) bond motifs is 1. The lowest BCUT2D eigenvalue weighted by Crippen LogP contribution is -2.41. The highest BCUT2D eigenvalue weighted by atomic mass is 16.5. The second-order valence-corrected chi connectivity index (χ2v) is 7.86. The highest BCUT2D eigenvalue weighted by molar-refractivity contribution is 5.80. The lowest BCUT2D eigenvalue weighted by atomic mass is 9.82. The number of aliphatic imine (C=N–C) groups is 1. The smallest absolute Gasteiger partial charge is 0.193 e. The molecule has 3 aliphatic rings. The van der Waals surface area contributed by atoms with Crippen molar-refractivity contribution in [1.82, 2.24) is 10.2 Å². The number of nitrogens with zero attached hydrogens (tertiary/aromatic N) is 2. The van der Waals surface area contributed by atoms with Gasteiger partial charge in [0.05, 0.1) is 12.9 Å². The summed E-state index contributed by atoms with van der Waals surface area (Å²) in [5.41, 5.74) is 0. The number of likely N-dealkylation sites (tertiary alicyclic amines) is 1. The first-order chi connectivity index (χ1) is 12.4. The van der Waals surface area contributed by atoms with Crippen LogP contribution in [-0.4, -0.2) is 50.3 Å². The van der Waals surface area contributed by atoms with Crippen LogP contribution in [0.1, 0.15) is 37.9 Å². The molecule has 3 atom stereocenters.